The third-order valence-electron chi connectivity index (χ3n) is 5.62. The van der Waals surface area contributed by atoms with Crippen LogP contribution < -0.4 is 5.32 Å². The van der Waals surface area contributed by atoms with Crippen LogP contribution in [0.25, 0.3) is 0 Å². The van der Waals surface area contributed by atoms with Gasteiger partial charge in [-0.05, 0) is 63.0 Å². The van der Waals surface area contributed by atoms with E-state index in [4.69, 9.17) is 0 Å². The lowest BCUT2D eigenvalue weighted by atomic mass is 9.97. The van der Waals surface area contributed by atoms with E-state index in [0.717, 1.165) is 25.6 Å². The topological polar surface area (TPSA) is 42.0 Å². The van der Waals surface area contributed by atoms with Gasteiger partial charge in [-0.1, -0.05) is 26.0 Å². The Hall–Kier alpha value is -1.14. The first-order valence-corrected chi connectivity index (χ1v) is 10.8. The Labute approximate surface area is 166 Å². The number of aromatic hydroxyl groups is 1. The molecule has 0 saturated carbocycles. The van der Waals surface area contributed by atoms with E-state index in [1.165, 1.54) is 64.2 Å². The average Bonchev–Trinajstić information content (AvgIpc) is 2.71. The van der Waals surface area contributed by atoms with Gasteiger partial charge in [0.1, 0.15) is 5.75 Å². The maximum atomic E-state index is 9.46. The standard InChI is InChI=1S/C20H34N4O.C2H6/c1-22-12-14-23(15-13-22)17-24(16-19-6-9-21-10-7-19)11-8-18-2-4-20(25)5-3-18;1-2/h2-5,19,21,25H,6-17H2,1H3;1-2H3. The molecule has 2 fully saturated rings. The fourth-order valence-corrected chi connectivity index (χ4v) is 3.87. The number of nitrogens with zero attached hydrogens (tertiary/aromatic N) is 3. The molecule has 0 atom stereocenters. The third kappa shape index (κ3) is 8.18. The minimum atomic E-state index is 0.354. The van der Waals surface area contributed by atoms with Gasteiger partial charge >= 0.3 is 0 Å². The van der Waals surface area contributed by atoms with E-state index in [2.05, 4.69) is 27.1 Å². The van der Waals surface area contributed by atoms with E-state index in [-0.39, 0.29) is 0 Å². The van der Waals surface area contributed by atoms with E-state index in [1.54, 1.807) is 12.1 Å². The number of piperazine rings is 1. The number of benzene rings is 1. The van der Waals surface area contributed by atoms with E-state index in [9.17, 15) is 5.11 Å². The van der Waals surface area contributed by atoms with Crippen LogP contribution in [-0.2, 0) is 6.42 Å². The van der Waals surface area contributed by atoms with Crippen molar-refractivity contribution >= 4 is 0 Å². The monoisotopic (exact) mass is 376 g/mol. The molecule has 5 heteroatoms. The molecule has 2 aliphatic heterocycles. The van der Waals surface area contributed by atoms with Crippen molar-refractivity contribution < 1.29 is 5.11 Å². The average molecular weight is 377 g/mol. The lowest BCUT2D eigenvalue weighted by Gasteiger charge is -2.38. The number of nitrogens with one attached hydrogen (secondary N) is 1. The predicted molar refractivity (Wildman–Crippen MR) is 114 cm³/mol. The number of piperidine rings is 1. The van der Waals surface area contributed by atoms with Crippen LogP contribution in [0.15, 0.2) is 24.3 Å². The van der Waals surface area contributed by atoms with Crippen LogP contribution in [0.4, 0.5) is 0 Å². The van der Waals surface area contributed by atoms with Gasteiger partial charge in [0.05, 0.1) is 6.67 Å². The van der Waals surface area contributed by atoms with Crippen molar-refractivity contribution in [3.05, 3.63) is 29.8 Å². The minimum absolute atomic E-state index is 0.354. The molecule has 3 rings (SSSR count). The van der Waals surface area contributed by atoms with E-state index in [1.807, 2.05) is 26.0 Å². The summed E-state index contributed by atoms with van der Waals surface area (Å²) in [6, 6.07) is 7.70. The van der Waals surface area contributed by atoms with Gasteiger partial charge < -0.3 is 15.3 Å². The van der Waals surface area contributed by atoms with Gasteiger partial charge in [0, 0.05) is 39.3 Å². The quantitative estimate of drug-likeness (QED) is 0.765. The normalized spacial score (nSPS) is 19.7. The summed E-state index contributed by atoms with van der Waals surface area (Å²) in [5.41, 5.74) is 1.31. The number of likely N-dealkylation sites (N-methyl/N-ethyl adjacent to an activating group) is 1. The number of phenols is 1. The van der Waals surface area contributed by atoms with E-state index >= 15 is 0 Å². The molecule has 0 bridgehead atoms. The van der Waals surface area contributed by atoms with Crippen LogP contribution in [-0.4, -0.2) is 85.9 Å². The Bertz CT molecular complexity index is 494. The van der Waals surface area contributed by atoms with Crippen LogP contribution >= 0.6 is 0 Å². The SMILES string of the molecule is CC.CN1CCN(CN(CCc2ccc(O)cc2)CC2CCNCC2)CC1. The summed E-state index contributed by atoms with van der Waals surface area (Å²) in [4.78, 5) is 7.69. The molecule has 2 aliphatic rings. The number of hydrogen-bond donors (Lipinski definition) is 2. The first-order chi connectivity index (χ1) is 13.2. The summed E-state index contributed by atoms with van der Waals surface area (Å²) < 4.78 is 0. The Balaban J connectivity index is 0.00000126. The summed E-state index contributed by atoms with van der Waals surface area (Å²) in [7, 11) is 2.22. The second-order valence-electron chi connectivity index (χ2n) is 7.75. The van der Waals surface area contributed by atoms with Crippen LogP contribution in [0.2, 0.25) is 0 Å². The lowest BCUT2D eigenvalue weighted by molar-refractivity contribution is 0.0716. The molecule has 0 amide bonds. The highest BCUT2D eigenvalue weighted by Gasteiger charge is 2.20. The zero-order valence-corrected chi connectivity index (χ0v) is 17.7. The molecule has 154 valence electrons. The fourth-order valence-electron chi connectivity index (χ4n) is 3.87. The molecule has 1 aromatic rings. The summed E-state index contributed by atoms with van der Waals surface area (Å²) in [5.74, 6) is 1.18. The Kier molecular flexibility index (Phi) is 10.1. The molecule has 0 spiro atoms. The number of phenolic OH excluding ortho intramolecular Hbond substituents is 1. The second kappa shape index (κ2) is 12.3. The smallest absolute Gasteiger partial charge is 0.115 e. The molecular formula is C22H40N4O. The lowest BCUT2D eigenvalue weighted by Crippen LogP contribution is -2.50. The first-order valence-electron chi connectivity index (χ1n) is 10.8. The molecule has 0 aliphatic carbocycles. The predicted octanol–water partition coefficient (Wildman–Crippen LogP) is 2.47. The van der Waals surface area contributed by atoms with Gasteiger partial charge in [0.2, 0.25) is 0 Å². The summed E-state index contributed by atoms with van der Waals surface area (Å²) in [6.45, 7) is 14.5. The molecule has 0 aromatic heterocycles. The maximum absolute atomic E-state index is 9.46. The zero-order chi connectivity index (χ0) is 19.5. The molecule has 1 aromatic carbocycles. The molecule has 2 saturated heterocycles. The van der Waals surface area contributed by atoms with E-state index < -0.39 is 0 Å². The molecular weight excluding hydrogens is 336 g/mol. The highest BCUT2D eigenvalue weighted by molar-refractivity contribution is 5.26. The van der Waals surface area contributed by atoms with Crippen molar-refractivity contribution in [1.82, 2.24) is 20.0 Å². The van der Waals surface area contributed by atoms with Crippen molar-refractivity contribution in [2.45, 2.75) is 33.1 Å². The summed E-state index contributed by atoms with van der Waals surface area (Å²) >= 11 is 0. The van der Waals surface area contributed by atoms with Gasteiger partial charge in [-0.2, -0.15) is 0 Å². The largest absolute Gasteiger partial charge is 0.508 e. The minimum Gasteiger partial charge on any atom is -0.508 e. The van der Waals surface area contributed by atoms with Crippen molar-refractivity contribution in [2.75, 3.05) is 66.1 Å². The summed E-state index contributed by atoms with van der Waals surface area (Å²) in [6.07, 6.45) is 3.66. The van der Waals surface area contributed by atoms with Gasteiger partial charge in [-0.15, -0.1) is 0 Å². The van der Waals surface area contributed by atoms with Crippen molar-refractivity contribution in [1.29, 1.82) is 0 Å². The van der Waals surface area contributed by atoms with Gasteiger partial charge in [-0.25, -0.2) is 0 Å². The highest BCUT2D eigenvalue weighted by atomic mass is 16.3. The molecule has 5 nitrogen and oxygen atoms in total. The fraction of sp³-hybridized carbons (Fsp3) is 0.727. The maximum Gasteiger partial charge on any atom is 0.115 e. The highest BCUT2D eigenvalue weighted by Crippen LogP contribution is 2.16. The molecule has 0 radical (unpaired) electrons. The van der Waals surface area contributed by atoms with Crippen LogP contribution in [0.5, 0.6) is 5.75 Å². The second-order valence-corrected chi connectivity index (χ2v) is 7.75. The van der Waals surface area contributed by atoms with Crippen molar-refractivity contribution in [3.8, 4) is 5.75 Å². The van der Waals surface area contributed by atoms with Crippen molar-refractivity contribution in [3.63, 3.8) is 0 Å². The molecule has 27 heavy (non-hydrogen) atoms. The Morgan fingerprint density at radius 1 is 1.04 bits per heavy atom. The Morgan fingerprint density at radius 3 is 2.30 bits per heavy atom. The van der Waals surface area contributed by atoms with Crippen molar-refractivity contribution in [2.24, 2.45) is 5.92 Å². The van der Waals surface area contributed by atoms with Gasteiger partial charge in [0.25, 0.3) is 0 Å². The zero-order valence-electron chi connectivity index (χ0n) is 17.7. The Morgan fingerprint density at radius 2 is 1.67 bits per heavy atom. The summed E-state index contributed by atoms with van der Waals surface area (Å²) in [5, 5.41) is 12.9. The molecule has 0 unspecified atom stereocenters. The third-order valence-corrected chi connectivity index (χ3v) is 5.62. The number of rotatable bonds is 7. The van der Waals surface area contributed by atoms with Gasteiger partial charge in [0.15, 0.2) is 0 Å². The molecule has 2 heterocycles. The van der Waals surface area contributed by atoms with E-state index in [0.29, 0.717) is 5.75 Å². The molecule has 2 N–H and O–H groups in total. The van der Waals surface area contributed by atoms with Gasteiger partial charge in [-0.3, -0.25) is 9.80 Å². The van der Waals surface area contributed by atoms with Crippen LogP contribution in [0.1, 0.15) is 32.3 Å². The van der Waals surface area contributed by atoms with Crippen LogP contribution in [0, 0.1) is 5.92 Å². The van der Waals surface area contributed by atoms with Crippen LogP contribution in [0.3, 0.4) is 0 Å². The first kappa shape index (κ1) is 22.2. The number of hydrogen-bond acceptors (Lipinski definition) is 5.